The molecule has 0 bridgehead atoms. The van der Waals surface area contributed by atoms with Crippen LogP contribution in [0.5, 0.6) is 17.2 Å². The highest BCUT2D eigenvalue weighted by atomic mass is 16.5. The van der Waals surface area contributed by atoms with Gasteiger partial charge in [0.1, 0.15) is 0 Å². The summed E-state index contributed by atoms with van der Waals surface area (Å²) >= 11 is 0. The summed E-state index contributed by atoms with van der Waals surface area (Å²) in [6.07, 6.45) is 2.05. The lowest BCUT2D eigenvalue weighted by Crippen LogP contribution is -2.39. The normalized spacial score (nSPS) is 11.4. The molecule has 0 aromatic heterocycles. The van der Waals surface area contributed by atoms with Crippen LogP contribution in [-0.4, -0.2) is 33.3 Å². The van der Waals surface area contributed by atoms with Crippen molar-refractivity contribution in [2.45, 2.75) is 19.0 Å². The quantitative estimate of drug-likeness (QED) is 0.705. The van der Waals surface area contributed by atoms with Crippen LogP contribution in [0, 0.1) is 0 Å². The first kappa shape index (κ1) is 16.8. The summed E-state index contributed by atoms with van der Waals surface area (Å²) in [5, 5.41) is 2.76. The zero-order valence-electron chi connectivity index (χ0n) is 12.6. The molecule has 0 spiro atoms. The molecule has 1 amide bonds. The number of nitrogens with one attached hydrogen (secondary N) is 1. The van der Waals surface area contributed by atoms with E-state index in [4.69, 9.17) is 19.9 Å². The average molecular weight is 294 g/mol. The Morgan fingerprint density at radius 2 is 1.86 bits per heavy atom. The lowest BCUT2D eigenvalue weighted by molar-refractivity contribution is -0.122. The van der Waals surface area contributed by atoms with Crippen molar-refractivity contribution in [2.75, 3.05) is 21.3 Å². The molecule has 1 unspecified atom stereocenters. The van der Waals surface area contributed by atoms with E-state index in [-0.39, 0.29) is 5.91 Å². The number of amides is 1. The molecular formula is C15H22N2O4. The summed E-state index contributed by atoms with van der Waals surface area (Å²) < 4.78 is 15.8. The molecule has 0 fully saturated rings. The fourth-order valence-corrected chi connectivity index (χ4v) is 1.84. The van der Waals surface area contributed by atoms with E-state index >= 15 is 0 Å². The fourth-order valence-electron chi connectivity index (χ4n) is 1.84. The highest BCUT2D eigenvalue weighted by molar-refractivity contribution is 5.81. The van der Waals surface area contributed by atoms with E-state index in [1.807, 2.05) is 0 Å². The molecule has 0 aliphatic heterocycles. The van der Waals surface area contributed by atoms with E-state index in [1.165, 1.54) is 7.11 Å². The fraction of sp³-hybridized carbons (Fsp3) is 0.400. The van der Waals surface area contributed by atoms with Gasteiger partial charge in [-0.1, -0.05) is 6.08 Å². The second-order valence-electron chi connectivity index (χ2n) is 4.38. The van der Waals surface area contributed by atoms with E-state index in [0.29, 0.717) is 30.2 Å². The van der Waals surface area contributed by atoms with Crippen molar-refractivity contribution in [1.82, 2.24) is 5.32 Å². The predicted octanol–water partition coefficient (Wildman–Crippen LogP) is 1.23. The molecule has 0 aliphatic carbocycles. The van der Waals surface area contributed by atoms with Gasteiger partial charge in [-0.25, -0.2) is 0 Å². The lowest BCUT2D eigenvalue weighted by atomic mass is 10.1. The van der Waals surface area contributed by atoms with Crippen molar-refractivity contribution in [3.8, 4) is 17.2 Å². The van der Waals surface area contributed by atoms with Crippen LogP contribution in [-0.2, 0) is 11.3 Å². The van der Waals surface area contributed by atoms with Gasteiger partial charge in [-0.05, 0) is 24.1 Å². The number of methoxy groups -OCH3 is 3. The van der Waals surface area contributed by atoms with Gasteiger partial charge in [-0.3, -0.25) is 4.79 Å². The first-order chi connectivity index (χ1) is 10.1. The number of ether oxygens (including phenoxy) is 3. The molecule has 116 valence electrons. The molecule has 0 radical (unpaired) electrons. The van der Waals surface area contributed by atoms with E-state index < -0.39 is 6.04 Å². The third kappa shape index (κ3) is 4.39. The minimum Gasteiger partial charge on any atom is -0.493 e. The Labute approximate surface area is 124 Å². The van der Waals surface area contributed by atoms with Gasteiger partial charge in [0.25, 0.3) is 0 Å². The van der Waals surface area contributed by atoms with Crippen LogP contribution < -0.4 is 25.3 Å². The van der Waals surface area contributed by atoms with Crippen molar-refractivity contribution < 1.29 is 19.0 Å². The number of rotatable bonds is 8. The Balaban J connectivity index is 2.84. The summed E-state index contributed by atoms with van der Waals surface area (Å²) in [4.78, 5) is 11.8. The summed E-state index contributed by atoms with van der Waals surface area (Å²) in [6, 6.07) is 2.96. The van der Waals surface area contributed by atoms with Gasteiger partial charge in [0, 0.05) is 6.54 Å². The van der Waals surface area contributed by atoms with Crippen molar-refractivity contribution in [3.05, 3.63) is 30.4 Å². The van der Waals surface area contributed by atoms with Gasteiger partial charge >= 0.3 is 0 Å². The van der Waals surface area contributed by atoms with Crippen LogP contribution in [0.1, 0.15) is 12.0 Å². The number of carbonyl (C=O) groups is 1. The van der Waals surface area contributed by atoms with Crippen molar-refractivity contribution in [1.29, 1.82) is 0 Å². The van der Waals surface area contributed by atoms with Crippen LogP contribution in [0.4, 0.5) is 0 Å². The maximum Gasteiger partial charge on any atom is 0.237 e. The second-order valence-corrected chi connectivity index (χ2v) is 4.38. The predicted molar refractivity (Wildman–Crippen MR) is 80.7 cm³/mol. The molecule has 6 heteroatoms. The standard InChI is InChI=1S/C15H22N2O4/c1-5-6-11(16)15(18)17-9-10-7-12(19-2)14(21-4)13(8-10)20-3/h5,7-8,11H,1,6,9,16H2,2-4H3,(H,17,18). The van der Waals surface area contributed by atoms with Crippen molar-refractivity contribution in [3.63, 3.8) is 0 Å². The molecule has 0 aliphatic rings. The number of hydrogen-bond acceptors (Lipinski definition) is 5. The third-order valence-corrected chi connectivity index (χ3v) is 2.95. The third-order valence-electron chi connectivity index (χ3n) is 2.95. The van der Waals surface area contributed by atoms with E-state index in [0.717, 1.165) is 5.56 Å². The Morgan fingerprint density at radius 3 is 2.29 bits per heavy atom. The van der Waals surface area contributed by atoms with Gasteiger partial charge in [0.15, 0.2) is 11.5 Å². The monoisotopic (exact) mass is 294 g/mol. The second kappa shape index (κ2) is 8.16. The molecule has 6 nitrogen and oxygen atoms in total. The molecule has 0 heterocycles. The van der Waals surface area contributed by atoms with Crippen molar-refractivity contribution >= 4 is 5.91 Å². The maximum atomic E-state index is 11.8. The van der Waals surface area contributed by atoms with Gasteiger partial charge < -0.3 is 25.3 Å². The van der Waals surface area contributed by atoms with Gasteiger partial charge in [-0.2, -0.15) is 0 Å². The highest BCUT2D eigenvalue weighted by Crippen LogP contribution is 2.38. The lowest BCUT2D eigenvalue weighted by Gasteiger charge is -2.15. The van der Waals surface area contributed by atoms with E-state index in [1.54, 1.807) is 32.4 Å². The molecule has 1 rings (SSSR count). The van der Waals surface area contributed by atoms with Crippen LogP contribution in [0.3, 0.4) is 0 Å². The minimum absolute atomic E-state index is 0.233. The molecule has 0 saturated heterocycles. The number of benzene rings is 1. The Kier molecular flexibility index (Phi) is 6.55. The smallest absolute Gasteiger partial charge is 0.237 e. The first-order valence-electron chi connectivity index (χ1n) is 6.50. The average Bonchev–Trinajstić information content (AvgIpc) is 2.51. The zero-order chi connectivity index (χ0) is 15.8. The minimum atomic E-state index is -0.593. The molecule has 1 atom stereocenters. The number of hydrogen-bond donors (Lipinski definition) is 2. The first-order valence-corrected chi connectivity index (χ1v) is 6.50. The van der Waals surface area contributed by atoms with Crippen LogP contribution in [0.15, 0.2) is 24.8 Å². The van der Waals surface area contributed by atoms with Crippen molar-refractivity contribution in [2.24, 2.45) is 5.73 Å². The van der Waals surface area contributed by atoms with E-state index in [2.05, 4.69) is 11.9 Å². The zero-order valence-corrected chi connectivity index (χ0v) is 12.6. The SMILES string of the molecule is C=CCC(N)C(=O)NCc1cc(OC)c(OC)c(OC)c1. The summed E-state index contributed by atoms with van der Waals surface area (Å²) in [7, 11) is 4.62. The van der Waals surface area contributed by atoms with Gasteiger partial charge in [0.05, 0.1) is 27.4 Å². The topological polar surface area (TPSA) is 82.8 Å². The summed E-state index contributed by atoms with van der Waals surface area (Å²) in [5.74, 6) is 1.36. The Bertz CT molecular complexity index is 477. The van der Waals surface area contributed by atoms with Crippen LogP contribution >= 0.6 is 0 Å². The number of nitrogens with two attached hydrogens (primary N) is 1. The van der Waals surface area contributed by atoms with Crippen LogP contribution in [0.25, 0.3) is 0 Å². The Hall–Kier alpha value is -2.21. The number of carbonyl (C=O) groups excluding carboxylic acids is 1. The van der Waals surface area contributed by atoms with Crippen LogP contribution in [0.2, 0.25) is 0 Å². The molecule has 21 heavy (non-hydrogen) atoms. The molecule has 1 aromatic rings. The summed E-state index contributed by atoms with van der Waals surface area (Å²) in [5.41, 5.74) is 6.52. The summed E-state index contributed by atoms with van der Waals surface area (Å²) in [6.45, 7) is 3.88. The van der Waals surface area contributed by atoms with E-state index in [9.17, 15) is 4.79 Å². The Morgan fingerprint density at radius 1 is 1.29 bits per heavy atom. The molecule has 3 N–H and O–H groups in total. The largest absolute Gasteiger partial charge is 0.493 e. The van der Waals surface area contributed by atoms with Gasteiger partial charge in [-0.15, -0.1) is 6.58 Å². The maximum absolute atomic E-state index is 11.8. The molecule has 0 saturated carbocycles. The molecular weight excluding hydrogens is 272 g/mol. The molecule has 1 aromatic carbocycles. The highest BCUT2D eigenvalue weighted by Gasteiger charge is 2.15. The van der Waals surface area contributed by atoms with Gasteiger partial charge in [0.2, 0.25) is 11.7 Å².